The summed E-state index contributed by atoms with van der Waals surface area (Å²) in [6.07, 6.45) is 1.48. The highest BCUT2D eigenvalue weighted by Gasteiger charge is 2.27. The highest BCUT2D eigenvalue weighted by molar-refractivity contribution is 5.97. The molecule has 1 aliphatic carbocycles. The summed E-state index contributed by atoms with van der Waals surface area (Å²) in [4.78, 5) is 11.5. The van der Waals surface area contributed by atoms with E-state index in [0.29, 0.717) is 12.3 Å². The van der Waals surface area contributed by atoms with Crippen molar-refractivity contribution in [2.75, 3.05) is 0 Å². The maximum atomic E-state index is 11.5. The molecule has 1 nitrogen and oxygen atoms in total. The fourth-order valence-corrected chi connectivity index (χ4v) is 2.27. The van der Waals surface area contributed by atoms with Crippen molar-refractivity contribution < 1.29 is 4.79 Å². The van der Waals surface area contributed by atoms with Gasteiger partial charge in [0.15, 0.2) is 5.78 Å². The number of benzene rings is 1. The normalized spacial score (nSPS) is 21.1. The minimum atomic E-state index is 0.237. The first-order chi connectivity index (χ1) is 7.08. The summed E-state index contributed by atoms with van der Waals surface area (Å²) in [5.74, 6) is 0.603. The van der Waals surface area contributed by atoms with Crippen LogP contribution < -0.4 is 0 Å². The van der Waals surface area contributed by atoms with Gasteiger partial charge in [-0.15, -0.1) is 0 Å². The molecule has 1 saturated carbocycles. The number of Topliss-reactive ketones (excluding diaryl/α,β-unsaturated/α-hetero) is 1. The lowest BCUT2D eigenvalue weighted by Crippen LogP contribution is -1.97. The van der Waals surface area contributed by atoms with Gasteiger partial charge < -0.3 is 0 Å². The Balaban J connectivity index is 2.34. The fraction of sp³-hybridized carbons (Fsp3) is 0.357. The van der Waals surface area contributed by atoms with Gasteiger partial charge in [-0.2, -0.15) is 0 Å². The molecule has 1 aromatic rings. The van der Waals surface area contributed by atoms with Crippen LogP contribution in [0.15, 0.2) is 30.4 Å². The number of allylic oxidation sites excluding steroid dienone is 1. The summed E-state index contributed by atoms with van der Waals surface area (Å²) in [5.41, 5.74) is 4.66. The molecule has 2 rings (SSSR count). The predicted molar refractivity (Wildman–Crippen MR) is 62.0 cm³/mol. The maximum absolute atomic E-state index is 11.5. The van der Waals surface area contributed by atoms with Crippen LogP contribution in [-0.4, -0.2) is 5.78 Å². The van der Waals surface area contributed by atoms with Crippen LogP contribution in [-0.2, 0) is 4.79 Å². The largest absolute Gasteiger partial charge is 0.295 e. The number of hydrogen-bond acceptors (Lipinski definition) is 1. The third-order valence-corrected chi connectivity index (χ3v) is 3.19. The molecule has 1 unspecified atom stereocenters. The molecule has 1 aromatic carbocycles. The second-order valence-corrected chi connectivity index (χ2v) is 4.49. The van der Waals surface area contributed by atoms with Crippen LogP contribution in [0.2, 0.25) is 0 Å². The van der Waals surface area contributed by atoms with E-state index in [-0.39, 0.29) is 5.78 Å². The van der Waals surface area contributed by atoms with E-state index in [1.807, 2.05) is 0 Å². The Kier molecular flexibility index (Phi) is 2.47. The van der Waals surface area contributed by atoms with Gasteiger partial charge in [0, 0.05) is 6.42 Å². The molecule has 0 aromatic heterocycles. The molecule has 0 amide bonds. The molecule has 0 heterocycles. The minimum absolute atomic E-state index is 0.237. The Morgan fingerprint density at radius 3 is 2.60 bits per heavy atom. The van der Waals surface area contributed by atoms with Crippen LogP contribution in [0.25, 0.3) is 0 Å². The lowest BCUT2D eigenvalue weighted by atomic mass is 9.92. The van der Waals surface area contributed by atoms with Gasteiger partial charge in [0.05, 0.1) is 0 Å². The lowest BCUT2D eigenvalue weighted by Gasteiger charge is -2.12. The number of aryl methyl sites for hydroxylation is 2. The Hall–Kier alpha value is -1.37. The van der Waals surface area contributed by atoms with E-state index in [1.54, 1.807) is 0 Å². The summed E-state index contributed by atoms with van der Waals surface area (Å²) in [6, 6.07) is 6.45. The maximum Gasteiger partial charge on any atom is 0.158 e. The zero-order valence-electron chi connectivity index (χ0n) is 9.34. The van der Waals surface area contributed by atoms with Gasteiger partial charge in [0.25, 0.3) is 0 Å². The summed E-state index contributed by atoms with van der Waals surface area (Å²) >= 11 is 0. The van der Waals surface area contributed by atoms with Crippen molar-refractivity contribution in [1.29, 1.82) is 0 Å². The molecular formula is C14H16O. The summed E-state index contributed by atoms with van der Waals surface area (Å²) in [6.45, 7) is 8.02. The Labute approximate surface area is 90.8 Å². The van der Waals surface area contributed by atoms with E-state index in [9.17, 15) is 4.79 Å². The predicted octanol–water partition coefficient (Wildman–Crippen LogP) is 3.31. The zero-order valence-corrected chi connectivity index (χ0v) is 9.34. The molecule has 1 fully saturated rings. The number of ketones is 1. The average Bonchev–Trinajstić information content (AvgIpc) is 2.51. The van der Waals surface area contributed by atoms with E-state index < -0.39 is 0 Å². The smallest absolute Gasteiger partial charge is 0.158 e. The number of hydrogen-bond donors (Lipinski definition) is 0. The quantitative estimate of drug-likeness (QED) is 0.636. The minimum Gasteiger partial charge on any atom is -0.295 e. The molecule has 0 aliphatic heterocycles. The summed E-state index contributed by atoms with van der Waals surface area (Å²) in [5, 5.41) is 0. The lowest BCUT2D eigenvalue weighted by molar-refractivity contribution is -0.114. The molecule has 0 N–H and O–H groups in total. The monoisotopic (exact) mass is 200 g/mol. The second-order valence-electron chi connectivity index (χ2n) is 4.49. The van der Waals surface area contributed by atoms with Crippen molar-refractivity contribution >= 4 is 5.78 Å². The van der Waals surface area contributed by atoms with Gasteiger partial charge in [0.2, 0.25) is 0 Å². The first kappa shape index (κ1) is 10.2. The van der Waals surface area contributed by atoms with Crippen molar-refractivity contribution in [2.24, 2.45) is 0 Å². The van der Waals surface area contributed by atoms with Gasteiger partial charge >= 0.3 is 0 Å². The van der Waals surface area contributed by atoms with Crippen molar-refractivity contribution in [3.8, 4) is 0 Å². The van der Waals surface area contributed by atoms with E-state index in [4.69, 9.17) is 0 Å². The molecule has 1 aliphatic rings. The van der Waals surface area contributed by atoms with Gasteiger partial charge in [-0.25, -0.2) is 0 Å². The van der Waals surface area contributed by atoms with Crippen molar-refractivity contribution in [2.45, 2.75) is 32.6 Å². The third kappa shape index (κ3) is 1.87. The highest BCUT2D eigenvalue weighted by Crippen LogP contribution is 2.36. The fourth-order valence-electron chi connectivity index (χ4n) is 2.27. The first-order valence-electron chi connectivity index (χ1n) is 5.36. The topological polar surface area (TPSA) is 17.1 Å². The van der Waals surface area contributed by atoms with Gasteiger partial charge in [-0.3, -0.25) is 4.79 Å². The summed E-state index contributed by atoms with van der Waals surface area (Å²) in [7, 11) is 0. The van der Waals surface area contributed by atoms with Crippen LogP contribution in [0.5, 0.6) is 0 Å². The van der Waals surface area contributed by atoms with Crippen molar-refractivity contribution in [3.63, 3.8) is 0 Å². The van der Waals surface area contributed by atoms with Crippen LogP contribution in [0.4, 0.5) is 0 Å². The number of carbonyl (C=O) groups is 1. The summed E-state index contributed by atoms with van der Waals surface area (Å²) < 4.78 is 0. The standard InChI is InChI=1S/C14H16O/c1-9-4-5-10(2)13(6-9)12-7-11(3)14(15)8-12/h4-6,12H,3,7-8H2,1-2H3. The number of rotatable bonds is 1. The zero-order chi connectivity index (χ0) is 11.0. The van der Waals surface area contributed by atoms with Crippen molar-refractivity contribution in [3.05, 3.63) is 47.0 Å². The average molecular weight is 200 g/mol. The van der Waals surface area contributed by atoms with E-state index in [2.05, 4.69) is 38.6 Å². The van der Waals surface area contributed by atoms with Gasteiger partial charge in [0.1, 0.15) is 0 Å². The van der Waals surface area contributed by atoms with Crippen molar-refractivity contribution in [1.82, 2.24) is 0 Å². The molecule has 0 saturated heterocycles. The van der Waals surface area contributed by atoms with E-state index >= 15 is 0 Å². The molecule has 1 atom stereocenters. The molecular weight excluding hydrogens is 184 g/mol. The molecule has 0 spiro atoms. The number of carbonyl (C=O) groups excluding carboxylic acids is 1. The molecule has 1 heteroatoms. The molecule has 15 heavy (non-hydrogen) atoms. The van der Waals surface area contributed by atoms with E-state index in [1.165, 1.54) is 16.7 Å². The second kappa shape index (κ2) is 3.65. The van der Waals surface area contributed by atoms with Crippen LogP contribution in [0.1, 0.15) is 35.4 Å². The van der Waals surface area contributed by atoms with Crippen LogP contribution in [0.3, 0.4) is 0 Å². The van der Waals surface area contributed by atoms with Gasteiger partial charge in [-0.05, 0) is 42.9 Å². The molecule has 0 bridgehead atoms. The molecule has 78 valence electrons. The first-order valence-corrected chi connectivity index (χ1v) is 5.36. The third-order valence-electron chi connectivity index (χ3n) is 3.19. The Morgan fingerprint density at radius 2 is 2.00 bits per heavy atom. The highest BCUT2D eigenvalue weighted by atomic mass is 16.1. The molecule has 0 radical (unpaired) electrons. The van der Waals surface area contributed by atoms with Gasteiger partial charge in [-0.1, -0.05) is 30.3 Å². The SMILES string of the molecule is C=C1CC(c2cc(C)ccc2C)CC1=O. The van der Waals surface area contributed by atoms with Crippen LogP contribution in [0, 0.1) is 13.8 Å². The Bertz CT molecular complexity index is 413. The Morgan fingerprint density at radius 1 is 1.27 bits per heavy atom. The van der Waals surface area contributed by atoms with E-state index in [0.717, 1.165) is 12.0 Å². The van der Waals surface area contributed by atoms with Crippen LogP contribution >= 0.6 is 0 Å².